The van der Waals surface area contributed by atoms with Crippen molar-refractivity contribution in [2.24, 2.45) is 0 Å². The Hall–Kier alpha value is -2.01. The van der Waals surface area contributed by atoms with Crippen molar-refractivity contribution < 1.29 is 24.2 Å². The van der Waals surface area contributed by atoms with Crippen LogP contribution in [0.1, 0.15) is 16.7 Å². The molecule has 4 N–H and O–H groups in total. The number of alkyl halides is 3. The number of benzene rings is 1. The van der Waals surface area contributed by atoms with E-state index < -0.39 is 35.7 Å². The zero-order valence-electron chi connectivity index (χ0n) is 13.6. The fraction of sp³-hybridized carbons (Fsp3) is 0.333. The number of nitrogens with one attached hydrogen (secondary N) is 2. The third-order valence-electron chi connectivity index (χ3n) is 3.43. The van der Waals surface area contributed by atoms with Gasteiger partial charge in [0.2, 0.25) is 0 Å². The van der Waals surface area contributed by atoms with E-state index in [1.54, 1.807) is 24.3 Å². The number of hydrogen-bond donors (Lipinski definition) is 4. The molecular formula is C15H15Cl2FN4O4S. The van der Waals surface area contributed by atoms with E-state index in [1.807, 2.05) is 0 Å². The van der Waals surface area contributed by atoms with Gasteiger partial charge in [-0.3, -0.25) is 4.79 Å². The number of carbonyl (C=O) groups excluding carboxylic acids is 1. The molecule has 2 amide bonds. The van der Waals surface area contributed by atoms with Crippen molar-refractivity contribution in [3.8, 4) is 10.6 Å². The first kappa shape index (κ1) is 21.3. The van der Waals surface area contributed by atoms with Gasteiger partial charge in [0.25, 0.3) is 5.91 Å². The first-order valence-corrected chi connectivity index (χ1v) is 9.22. The van der Waals surface area contributed by atoms with Crippen molar-refractivity contribution in [3.63, 3.8) is 0 Å². The van der Waals surface area contributed by atoms with Gasteiger partial charge in [0.05, 0.1) is 12.6 Å². The number of rotatable bonds is 8. The van der Waals surface area contributed by atoms with Crippen LogP contribution in [0.4, 0.5) is 9.18 Å². The SMILES string of the molecule is O=C(O)NCc1nnc(-c2ccc([C@@H](O)[C@@H](CF)NC(=O)C(Cl)Cl)cc2)s1. The molecule has 0 aliphatic heterocycles. The van der Waals surface area contributed by atoms with Crippen LogP contribution >= 0.6 is 34.5 Å². The second-order valence-electron chi connectivity index (χ2n) is 5.30. The molecule has 27 heavy (non-hydrogen) atoms. The number of hydrogen-bond acceptors (Lipinski definition) is 6. The molecule has 2 rings (SSSR count). The lowest BCUT2D eigenvalue weighted by Gasteiger charge is -2.22. The fourth-order valence-corrected chi connectivity index (χ4v) is 3.01. The maximum atomic E-state index is 13.2. The number of aromatic nitrogens is 2. The predicted molar refractivity (Wildman–Crippen MR) is 98.6 cm³/mol. The van der Waals surface area contributed by atoms with Gasteiger partial charge in [-0.15, -0.1) is 10.2 Å². The number of aliphatic hydroxyl groups is 1. The largest absolute Gasteiger partial charge is 0.465 e. The molecule has 2 aromatic rings. The minimum Gasteiger partial charge on any atom is -0.465 e. The van der Waals surface area contributed by atoms with E-state index in [0.717, 1.165) is 0 Å². The highest BCUT2D eigenvalue weighted by Crippen LogP contribution is 2.26. The molecule has 0 saturated heterocycles. The van der Waals surface area contributed by atoms with Gasteiger partial charge >= 0.3 is 6.09 Å². The number of carbonyl (C=O) groups is 2. The minimum absolute atomic E-state index is 0.0454. The van der Waals surface area contributed by atoms with Crippen LogP contribution in [0.25, 0.3) is 10.6 Å². The third kappa shape index (κ3) is 5.99. The Balaban J connectivity index is 2.07. The van der Waals surface area contributed by atoms with Crippen molar-refractivity contribution in [2.75, 3.05) is 6.67 Å². The average Bonchev–Trinajstić information content (AvgIpc) is 3.12. The summed E-state index contributed by atoms with van der Waals surface area (Å²) in [4.78, 5) is 20.6. The molecule has 12 heteroatoms. The monoisotopic (exact) mass is 436 g/mol. The van der Waals surface area contributed by atoms with E-state index in [0.29, 0.717) is 21.1 Å². The molecule has 0 bridgehead atoms. The number of carboxylic acid groups (broad SMARTS) is 1. The number of halogens is 3. The summed E-state index contributed by atoms with van der Waals surface area (Å²) in [6, 6.07) is 5.22. The Kier molecular flexibility index (Phi) is 7.72. The van der Waals surface area contributed by atoms with E-state index in [4.69, 9.17) is 28.3 Å². The second kappa shape index (κ2) is 9.79. The molecule has 0 fully saturated rings. The van der Waals surface area contributed by atoms with Crippen molar-refractivity contribution >= 4 is 46.5 Å². The normalized spacial score (nSPS) is 13.2. The second-order valence-corrected chi connectivity index (χ2v) is 7.45. The lowest BCUT2D eigenvalue weighted by Crippen LogP contribution is -2.43. The molecule has 0 aliphatic rings. The van der Waals surface area contributed by atoms with Crippen LogP contribution in [0.15, 0.2) is 24.3 Å². The van der Waals surface area contributed by atoms with Crippen molar-refractivity contribution in [3.05, 3.63) is 34.8 Å². The third-order valence-corrected chi connectivity index (χ3v) is 4.80. The van der Waals surface area contributed by atoms with Gasteiger partial charge in [-0.1, -0.05) is 58.8 Å². The molecule has 2 atom stereocenters. The first-order chi connectivity index (χ1) is 12.8. The maximum Gasteiger partial charge on any atom is 0.405 e. The summed E-state index contributed by atoms with van der Waals surface area (Å²) in [5.74, 6) is -0.798. The van der Waals surface area contributed by atoms with Gasteiger partial charge in [0, 0.05) is 5.56 Å². The van der Waals surface area contributed by atoms with Crippen LogP contribution in [0, 0.1) is 0 Å². The van der Waals surface area contributed by atoms with Gasteiger partial charge in [-0.2, -0.15) is 0 Å². The highest BCUT2D eigenvalue weighted by atomic mass is 35.5. The Labute approximate surface area is 167 Å². The van der Waals surface area contributed by atoms with Crippen molar-refractivity contribution in [1.82, 2.24) is 20.8 Å². The Bertz CT molecular complexity index is 790. The standard InChI is InChI=1S/C15H15Cl2FN4O4S/c16-12(17)13(24)20-9(5-18)11(23)7-1-3-8(4-2-7)14-22-21-10(27-14)6-19-15(25)26/h1-4,9,11-12,19,23H,5-6H2,(H,20,24)(H,25,26)/t9-,11-/m1/s1. The molecule has 1 aromatic heterocycles. The van der Waals surface area contributed by atoms with Crippen LogP contribution in [-0.2, 0) is 11.3 Å². The van der Waals surface area contributed by atoms with Crippen LogP contribution < -0.4 is 10.6 Å². The fourth-order valence-electron chi connectivity index (χ4n) is 2.10. The molecular weight excluding hydrogens is 422 g/mol. The van der Waals surface area contributed by atoms with Crippen molar-refractivity contribution in [1.29, 1.82) is 0 Å². The summed E-state index contributed by atoms with van der Waals surface area (Å²) < 4.78 is 13.2. The molecule has 1 heterocycles. The Morgan fingerprint density at radius 3 is 2.44 bits per heavy atom. The number of nitrogens with zero attached hydrogens (tertiary/aromatic N) is 2. The van der Waals surface area contributed by atoms with Crippen molar-refractivity contribution in [2.45, 2.75) is 23.5 Å². The highest BCUT2D eigenvalue weighted by Gasteiger charge is 2.25. The zero-order chi connectivity index (χ0) is 20.0. The topological polar surface area (TPSA) is 124 Å². The Morgan fingerprint density at radius 2 is 1.89 bits per heavy atom. The molecule has 0 radical (unpaired) electrons. The summed E-state index contributed by atoms with van der Waals surface area (Å²) in [7, 11) is 0. The van der Waals surface area contributed by atoms with Crippen LogP contribution in [0.3, 0.4) is 0 Å². The van der Waals surface area contributed by atoms with Crippen LogP contribution in [-0.4, -0.2) is 50.0 Å². The summed E-state index contributed by atoms with van der Waals surface area (Å²) in [6.07, 6.45) is -2.46. The van der Waals surface area contributed by atoms with E-state index in [9.17, 15) is 19.1 Å². The average molecular weight is 437 g/mol. The first-order valence-electron chi connectivity index (χ1n) is 7.54. The molecule has 1 aromatic carbocycles. The molecule has 0 spiro atoms. The van der Waals surface area contributed by atoms with E-state index in [-0.39, 0.29) is 6.54 Å². The van der Waals surface area contributed by atoms with E-state index in [1.165, 1.54) is 11.3 Å². The Morgan fingerprint density at radius 1 is 1.22 bits per heavy atom. The van der Waals surface area contributed by atoms with E-state index >= 15 is 0 Å². The minimum atomic E-state index is -1.36. The summed E-state index contributed by atoms with van der Waals surface area (Å²) in [6.45, 7) is -0.963. The molecule has 146 valence electrons. The van der Waals surface area contributed by atoms with Crippen LogP contribution in [0.5, 0.6) is 0 Å². The predicted octanol–water partition coefficient (Wildman–Crippen LogP) is 2.26. The summed E-state index contributed by atoms with van der Waals surface area (Å²) in [5.41, 5.74) is 1.06. The van der Waals surface area contributed by atoms with Gasteiger partial charge in [-0.05, 0) is 5.56 Å². The zero-order valence-corrected chi connectivity index (χ0v) is 15.9. The molecule has 0 aliphatic carbocycles. The van der Waals surface area contributed by atoms with Gasteiger partial charge in [0.1, 0.15) is 22.8 Å². The van der Waals surface area contributed by atoms with Gasteiger partial charge in [0.15, 0.2) is 4.84 Å². The number of amides is 2. The molecule has 0 unspecified atom stereocenters. The van der Waals surface area contributed by atoms with Crippen LogP contribution in [0.2, 0.25) is 0 Å². The summed E-state index contributed by atoms with van der Waals surface area (Å²) in [5, 5.41) is 32.2. The lowest BCUT2D eigenvalue weighted by atomic mass is 10.0. The molecule has 0 saturated carbocycles. The maximum absolute atomic E-state index is 13.2. The highest BCUT2D eigenvalue weighted by molar-refractivity contribution is 7.14. The summed E-state index contributed by atoms with van der Waals surface area (Å²) >= 11 is 12.0. The van der Waals surface area contributed by atoms with Gasteiger partial charge in [-0.25, -0.2) is 9.18 Å². The smallest absolute Gasteiger partial charge is 0.405 e. The quantitative estimate of drug-likeness (QED) is 0.470. The number of aliphatic hydroxyl groups excluding tert-OH is 1. The van der Waals surface area contributed by atoms with Gasteiger partial charge < -0.3 is 20.8 Å². The molecule has 8 nitrogen and oxygen atoms in total. The lowest BCUT2D eigenvalue weighted by molar-refractivity contribution is -0.121. The van der Waals surface area contributed by atoms with E-state index in [2.05, 4.69) is 20.8 Å².